The minimum atomic E-state index is -0.701. The number of amides is 2. The van der Waals surface area contributed by atoms with Crippen LogP contribution >= 0.6 is 11.8 Å². The number of hydrogen-bond acceptors (Lipinski definition) is 7. The van der Waals surface area contributed by atoms with E-state index in [0.717, 1.165) is 56.6 Å². The van der Waals surface area contributed by atoms with Crippen LogP contribution in [0.4, 0.5) is 11.4 Å². The summed E-state index contributed by atoms with van der Waals surface area (Å²) in [5, 5.41) is 9.34. The number of allylic oxidation sites excluding steroid dienone is 1. The summed E-state index contributed by atoms with van der Waals surface area (Å²) in [7, 11) is 0. The lowest BCUT2D eigenvalue weighted by Crippen LogP contribution is -2.55. The van der Waals surface area contributed by atoms with E-state index in [1.165, 1.54) is 0 Å². The Hall–Kier alpha value is -2.78. The summed E-state index contributed by atoms with van der Waals surface area (Å²) >= 11 is 1.67. The summed E-state index contributed by atoms with van der Waals surface area (Å²) < 4.78 is 4.63. The molecule has 1 aromatic carbocycles. The fourth-order valence-corrected chi connectivity index (χ4v) is 9.90. The van der Waals surface area contributed by atoms with Gasteiger partial charge >= 0.3 is 5.97 Å². The third kappa shape index (κ3) is 6.45. The molecule has 4 rings (SSSR count). The molecule has 1 spiro atoms. The Labute approximate surface area is 267 Å². The molecule has 9 heteroatoms. The molecule has 3 aliphatic rings. The number of unbranched alkanes of at least 4 members (excludes halogenated alkanes) is 4. The molecule has 3 fully saturated rings. The number of likely N-dealkylation sites (tertiary alicyclic amines) is 1. The van der Waals surface area contributed by atoms with Crippen LogP contribution < -0.4 is 9.80 Å². The molecular formula is C35H51N3O5S. The second-order valence-electron chi connectivity index (χ2n) is 12.4. The predicted molar refractivity (Wildman–Crippen MR) is 179 cm³/mol. The minimum Gasteiger partial charge on any atom is -0.465 e. The largest absolute Gasteiger partial charge is 0.465 e. The first-order valence-corrected chi connectivity index (χ1v) is 17.2. The quantitative estimate of drug-likeness (QED) is 0.129. The average molecular weight is 626 g/mol. The van der Waals surface area contributed by atoms with Crippen LogP contribution in [-0.4, -0.2) is 82.7 Å². The zero-order valence-corrected chi connectivity index (χ0v) is 27.7. The molecule has 242 valence electrons. The lowest BCUT2D eigenvalue weighted by Gasteiger charge is -2.37. The number of rotatable bonds is 18. The zero-order valence-electron chi connectivity index (χ0n) is 26.8. The van der Waals surface area contributed by atoms with E-state index in [0.29, 0.717) is 39.0 Å². The van der Waals surface area contributed by atoms with Gasteiger partial charge in [0.25, 0.3) is 5.91 Å². The summed E-state index contributed by atoms with van der Waals surface area (Å²) in [6.45, 7) is 16.9. The van der Waals surface area contributed by atoms with Crippen LogP contribution in [0.1, 0.15) is 72.1 Å². The number of ether oxygens (including phenoxy) is 1. The zero-order chi connectivity index (χ0) is 31.9. The van der Waals surface area contributed by atoms with E-state index in [1.807, 2.05) is 30.3 Å². The van der Waals surface area contributed by atoms with Gasteiger partial charge in [-0.2, -0.15) is 0 Å². The molecule has 0 saturated carbocycles. The first-order chi connectivity index (χ1) is 21.2. The fourth-order valence-electron chi connectivity index (χ4n) is 7.56. The van der Waals surface area contributed by atoms with Gasteiger partial charge in [0.15, 0.2) is 0 Å². The van der Waals surface area contributed by atoms with Crippen LogP contribution in [0.5, 0.6) is 0 Å². The van der Waals surface area contributed by atoms with Gasteiger partial charge in [0.05, 0.1) is 23.2 Å². The highest BCUT2D eigenvalue weighted by Gasteiger charge is 2.77. The van der Waals surface area contributed by atoms with Crippen LogP contribution in [0, 0.1) is 11.8 Å². The topological polar surface area (TPSA) is 90.4 Å². The number of thioether (sulfide) groups is 1. The molecule has 0 aliphatic carbocycles. The maximum atomic E-state index is 14.8. The maximum absolute atomic E-state index is 14.8. The molecule has 3 aliphatic heterocycles. The SMILES string of the molecule is C=CCCCCOC(=O)[C@H]1[C@H]2C(=O)N(CCCCCO)C(C(=O)N(CC=C)c3ccc(N(CC)CC)cc3)C23CC[C@]1(C)S3. The van der Waals surface area contributed by atoms with Crippen LogP contribution in [0.15, 0.2) is 49.6 Å². The van der Waals surface area contributed by atoms with Crippen LogP contribution in [0.25, 0.3) is 0 Å². The molecule has 3 saturated heterocycles. The number of fused-ring (bicyclic) bond motifs is 1. The van der Waals surface area contributed by atoms with Crippen LogP contribution in [-0.2, 0) is 19.1 Å². The summed E-state index contributed by atoms with van der Waals surface area (Å²) in [4.78, 5) is 48.6. The molecule has 2 amide bonds. The number of carbonyl (C=O) groups is 3. The van der Waals surface area contributed by atoms with E-state index >= 15 is 0 Å². The van der Waals surface area contributed by atoms with E-state index in [1.54, 1.807) is 27.6 Å². The Bertz CT molecular complexity index is 1190. The monoisotopic (exact) mass is 625 g/mol. The van der Waals surface area contributed by atoms with Gasteiger partial charge in [-0.05, 0) is 96.4 Å². The Morgan fingerprint density at radius 1 is 1.05 bits per heavy atom. The van der Waals surface area contributed by atoms with Crippen molar-refractivity contribution in [3.8, 4) is 0 Å². The van der Waals surface area contributed by atoms with E-state index in [9.17, 15) is 19.5 Å². The second-order valence-corrected chi connectivity index (χ2v) is 14.3. The molecule has 5 atom stereocenters. The maximum Gasteiger partial charge on any atom is 0.311 e. The molecule has 2 unspecified atom stereocenters. The van der Waals surface area contributed by atoms with Gasteiger partial charge in [0.2, 0.25) is 5.91 Å². The van der Waals surface area contributed by atoms with Crippen molar-refractivity contribution in [1.29, 1.82) is 0 Å². The normalized spacial score (nSPS) is 26.9. The Morgan fingerprint density at radius 2 is 1.75 bits per heavy atom. The standard InChI is InChI=1S/C35H51N3O5S/c1-6-10-11-15-25-43-33(42)29-28-31(40)38(23-13-12-14-24-39)30(35(28)21-20-34(29,5)44-35)32(41)37(22-7-2)27-18-16-26(17-19-27)36(8-3)9-4/h6-7,16-19,28-30,39H,1-2,8-15,20-25H2,3-5H3/t28-,29+,30?,34-,35?/m0/s1. The summed E-state index contributed by atoms with van der Waals surface area (Å²) in [6.07, 6.45) is 9.62. The molecular weight excluding hydrogens is 574 g/mol. The number of aliphatic hydroxyl groups is 1. The number of hydrogen-bond donors (Lipinski definition) is 1. The van der Waals surface area contributed by atoms with Crippen molar-refractivity contribution in [3.63, 3.8) is 0 Å². The summed E-state index contributed by atoms with van der Waals surface area (Å²) in [5.74, 6) is -1.76. The summed E-state index contributed by atoms with van der Waals surface area (Å²) in [6, 6.07) is 7.32. The third-order valence-electron chi connectivity index (χ3n) is 9.74. The summed E-state index contributed by atoms with van der Waals surface area (Å²) in [5.41, 5.74) is 1.85. The van der Waals surface area contributed by atoms with Crippen molar-refractivity contribution in [2.75, 3.05) is 49.2 Å². The molecule has 1 N–H and O–H groups in total. The Kier molecular flexibility index (Phi) is 11.6. The highest BCUT2D eigenvalue weighted by atomic mass is 32.2. The molecule has 3 heterocycles. The van der Waals surface area contributed by atoms with Crippen molar-refractivity contribution < 1.29 is 24.2 Å². The van der Waals surface area contributed by atoms with Crippen molar-refractivity contribution in [2.45, 2.75) is 87.7 Å². The number of esters is 1. The number of anilines is 2. The van der Waals surface area contributed by atoms with E-state index in [4.69, 9.17) is 4.74 Å². The number of nitrogens with zero attached hydrogens (tertiary/aromatic N) is 3. The van der Waals surface area contributed by atoms with E-state index < -0.39 is 27.4 Å². The first-order valence-electron chi connectivity index (χ1n) is 16.4. The number of benzene rings is 1. The minimum absolute atomic E-state index is 0.0917. The van der Waals surface area contributed by atoms with Crippen molar-refractivity contribution in [1.82, 2.24) is 4.90 Å². The van der Waals surface area contributed by atoms with Gasteiger partial charge in [-0.1, -0.05) is 12.2 Å². The number of carbonyl (C=O) groups excluding carboxylic acids is 3. The Morgan fingerprint density at radius 3 is 2.39 bits per heavy atom. The molecule has 44 heavy (non-hydrogen) atoms. The molecule has 8 nitrogen and oxygen atoms in total. The highest BCUT2D eigenvalue weighted by Crippen LogP contribution is 2.71. The molecule has 0 radical (unpaired) electrons. The second kappa shape index (κ2) is 15.0. The van der Waals surface area contributed by atoms with E-state index in [-0.39, 0.29) is 24.4 Å². The average Bonchev–Trinajstić information content (AvgIpc) is 3.59. The van der Waals surface area contributed by atoms with Crippen molar-refractivity contribution >= 4 is 40.9 Å². The molecule has 1 aromatic rings. The molecule has 0 aromatic heterocycles. The van der Waals surface area contributed by atoms with Gasteiger partial charge in [-0.3, -0.25) is 14.4 Å². The predicted octanol–water partition coefficient (Wildman–Crippen LogP) is 5.60. The number of aliphatic hydroxyl groups excluding tert-OH is 1. The molecule has 2 bridgehead atoms. The fraction of sp³-hybridized carbons (Fsp3) is 0.629. The van der Waals surface area contributed by atoms with Gasteiger partial charge in [-0.25, -0.2) is 0 Å². The first kappa shape index (κ1) is 34.1. The van der Waals surface area contributed by atoms with Gasteiger partial charge in [0, 0.05) is 48.9 Å². The lowest BCUT2D eigenvalue weighted by molar-refractivity contribution is -0.155. The van der Waals surface area contributed by atoms with E-state index in [2.05, 4.69) is 38.8 Å². The van der Waals surface area contributed by atoms with Crippen molar-refractivity contribution in [2.24, 2.45) is 11.8 Å². The highest BCUT2D eigenvalue weighted by molar-refractivity contribution is 8.02. The third-order valence-corrected chi connectivity index (χ3v) is 11.7. The lowest BCUT2D eigenvalue weighted by atomic mass is 9.66. The smallest absolute Gasteiger partial charge is 0.311 e. The van der Waals surface area contributed by atoms with Gasteiger partial charge < -0.3 is 24.5 Å². The van der Waals surface area contributed by atoms with Crippen LogP contribution in [0.3, 0.4) is 0 Å². The van der Waals surface area contributed by atoms with Crippen LogP contribution in [0.2, 0.25) is 0 Å². The Balaban J connectivity index is 1.67. The van der Waals surface area contributed by atoms with Gasteiger partial charge in [-0.15, -0.1) is 24.9 Å². The van der Waals surface area contributed by atoms with Gasteiger partial charge in [0.1, 0.15) is 6.04 Å². The van der Waals surface area contributed by atoms with Crippen molar-refractivity contribution in [3.05, 3.63) is 49.6 Å².